The number of nitrogens with one attached hydrogen (secondary N) is 1. The lowest BCUT2D eigenvalue weighted by molar-refractivity contribution is 0.0948. The van der Waals surface area contributed by atoms with Gasteiger partial charge in [-0.3, -0.25) is 4.79 Å². The predicted molar refractivity (Wildman–Crippen MR) is 72.3 cm³/mol. The van der Waals surface area contributed by atoms with E-state index < -0.39 is 10.0 Å². The van der Waals surface area contributed by atoms with Crippen LogP contribution >= 0.6 is 0 Å². The van der Waals surface area contributed by atoms with Gasteiger partial charge in [0, 0.05) is 11.6 Å². The van der Waals surface area contributed by atoms with Gasteiger partial charge in [0.05, 0.1) is 4.90 Å². The van der Waals surface area contributed by atoms with E-state index in [-0.39, 0.29) is 16.8 Å². The fourth-order valence-electron chi connectivity index (χ4n) is 2.00. The third-order valence-electron chi connectivity index (χ3n) is 3.64. The molecule has 3 N–H and O–H groups in total. The minimum absolute atomic E-state index is 0.0235. The summed E-state index contributed by atoms with van der Waals surface area (Å²) in [7, 11) is -3.80. The number of benzene rings is 1. The molecule has 1 aliphatic carbocycles. The standard InChI is InChI=1S/C13H18N2O3S/c1-7-4-10(19(14,17)18)6-11(9(7)3)13(16)15-12-5-8(12)2/h4,6,8,12H,5H2,1-3H3,(H,15,16)(H2,14,17,18). The van der Waals surface area contributed by atoms with E-state index >= 15 is 0 Å². The Labute approximate surface area is 113 Å². The van der Waals surface area contributed by atoms with E-state index in [1.807, 2.05) is 0 Å². The molecule has 2 atom stereocenters. The molecule has 0 aromatic heterocycles. The van der Waals surface area contributed by atoms with Crippen molar-refractivity contribution < 1.29 is 13.2 Å². The molecule has 0 aliphatic heterocycles. The highest BCUT2D eigenvalue weighted by Crippen LogP contribution is 2.29. The summed E-state index contributed by atoms with van der Waals surface area (Å²) < 4.78 is 22.8. The van der Waals surface area contributed by atoms with Crippen LogP contribution < -0.4 is 10.5 Å². The Bertz CT molecular complexity index is 638. The van der Waals surface area contributed by atoms with Crippen LogP contribution in [0, 0.1) is 19.8 Å². The summed E-state index contributed by atoms with van der Waals surface area (Å²) in [6.45, 7) is 5.62. The van der Waals surface area contributed by atoms with Crippen molar-refractivity contribution in [1.82, 2.24) is 5.32 Å². The molecule has 104 valence electrons. The lowest BCUT2D eigenvalue weighted by Gasteiger charge is -2.11. The second-order valence-corrected chi connectivity index (χ2v) is 6.81. The highest BCUT2D eigenvalue weighted by Gasteiger charge is 2.34. The summed E-state index contributed by atoms with van der Waals surface area (Å²) in [4.78, 5) is 12.1. The minimum atomic E-state index is -3.80. The Kier molecular flexibility index (Phi) is 3.40. The van der Waals surface area contributed by atoms with Crippen LogP contribution in [0.4, 0.5) is 0 Å². The zero-order valence-corrected chi connectivity index (χ0v) is 12.0. The molecule has 0 radical (unpaired) electrons. The van der Waals surface area contributed by atoms with Crippen molar-refractivity contribution in [2.45, 2.75) is 38.1 Å². The maximum absolute atomic E-state index is 12.1. The third-order valence-corrected chi connectivity index (χ3v) is 4.53. The Morgan fingerprint density at radius 3 is 2.42 bits per heavy atom. The van der Waals surface area contributed by atoms with Crippen molar-refractivity contribution >= 4 is 15.9 Å². The average Bonchev–Trinajstić information content (AvgIpc) is 2.96. The lowest BCUT2D eigenvalue weighted by atomic mass is 10.0. The van der Waals surface area contributed by atoms with Crippen molar-refractivity contribution in [2.24, 2.45) is 11.1 Å². The van der Waals surface area contributed by atoms with Crippen molar-refractivity contribution in [3.8, 4) is 0 Å². The van der Waals surface area contributed by atoms with Gasteiger partial charge in [-0.2, -0.15) is 0 Å². The maximum atomic E-state index is 12.1. The van der Waals surface area contributed by atoms with E-state index in [9.17, 15) is 13.2 Å². The molecule has 1 fully saturated rings. The number of aryl methyl sites for hydroxylation is 1. The number of carbonyl (C=O) groups excluding carboxylic acids is 1. The predicted octanol–water partition coefficient (Wildman–Crippen LogP) is 1.09. The molecule has 0 spiro atoms. The molecular weight excluding hydrogens is 264 g/mol. The fourth-order valence-corrected chi connectivity index (χ4v) is 2.62. The smallest absolute Gasteiger partial charge is 0.251 e. The molecule has 2 unspecified atom stereocenters. The zero-order valence-electron chi connectivity index (χ0n) is 11.2. The average molecular weight is 282 g/mol. The number of carbonyl (C=O) groups is 1. The first-order chi connectivity index (χ1) is 8.70. The second kappa shape index (κ2) is 4.61. The van der Waals surface area contributed by atoms with Crippen LogP contribution in [-0.2, 0) is 10.0 Å². The fraction of sp³-hybridized carbons (Fsp3) is 0.462. The van der Waals surface area contributed by atoms with Crippen LogP contribution in [-0.4, -0.2) is 20.4 Å². The van der Waals surface area contributed by atoms with Gasteiger partial charge >= 0.3 is 0 Å². The van der Waals surface area contributed by atoms with E-state index in [0.29, 0.717) is 11.5 Å². The molecule has 1 saturated carbocycles. The summed E-state index contributed by atoms with van der Waals surface area (Å²) in [6, 6.07) is 3.03. The molecule has 1 aromatic carbocycles. The number of primary sulfonamides is 1. The Hall–Kier alpha value is -1.40. The number of nitrogens with two attached hydrogens (primary N) is 1. The van der Waals surface area contributed by atoms with Gasteiger partial charge in [-0.05, 0) is 49.4 Å². The molecular formula is C13H18N2O3S. The van der Waals surface area contributed by atoms with Crippen LogP contribution in [0.25, 0.3) is 0 Å². The molecule has 0 saturated heterocycles. The zero-order chi connectivity index (χ0) is 14.4. The number of sulfonamides is 1. The first-order valence-corrected chi connectivity index (χ1v) is 7.69. The van der Waals surface area contributed by atoms with Gasteiger partial charge in [0.25, 0.3) is 5.91 Å². The van der Waals surface area contributed by atoms with Gasteiger partial charge < -0.3 is 5.32 Å². The van der Waals surface area contributed by atoms with Gasteiger partial charge in [-0.15, -0.1) is 0 Å². The van der Waals surface area contributed by atoms with Crippen molar-refractivity contribution in [2.75, 3.05) is 0 Å². The molecule has 2 rings (SSSR count). The second-order valence-electron chi connectivity index (χ2n) is 5.25. The van der Waals surface area contributed by atoms with Crippen LogP contribution in [0.2, 0.25) is 0 Å². The van der Waals surface area contributed by atoms with Crippen LogP contribution in [0.1, 0.15) is 34.8 Å². The third kappa shape index (κ3) is 2.96. The van der Waals surface area contributed by atoms with E-state index in [1.54, 1.807) is 13.8 Å². The quantitative estimate of drug-likeness (QED) is 0.869. The molecule has 5 nitrogen and oxygen atoms in total. The van der Waals surface area contributed by atoms with Crippen LogP contribution in [0.5, 0.6) is 0 Å². The minimum Gasteiger partial charge on any atom is -0.349 e. The number of hydrogen-bond donors (Lipinski definition) is 2. The van der Waals surface area contributed by atoms with Crippen molar-refractivity contribution in [3.05, 3.63) is 28.8 Å². The first-order valence-electron chi connectivity index (χ1n) is 6.15. The molecule has 1 amide bonds. The van der Waals surface area contributed by atoms with Gasteiger partial charge in [0.1, 0.15) is 0 Å². The number of hydrogen-bond acceptors (Lipinski definition) is 3. The normalized spacial score (nSPS) is 22.1. The summed E-state index contributed by atoms with van der Waals surface area (Å²) in [6.07, 6.45) is 0.971. The molecule has 1 aromatic rings. The number of rotatable bonds is 3. The SMILES string of the molecule is Cc1cc(S(N)(=O)=O)cc(C(=O)NC2CC2C)c1C. The Morgan fingerprint density at radius 1 is 1.37 bits per heavy atom. The largest absolute Gasteiger partial charge is 0.349 e. The van der Waals surface area contributed by atoms with E-state index in [4.69, 9.17) is 5.14 Å². The monoisotopic (exact) mass is 282 g/mol. The van der Waals surface area contributed by atoms with Crippen LogP contribution in [0.3, 0.4) is 0 Å². The summed E-state index contributed by atoms with van der Waals surface area (Å²) in [5.41, 5.74) is 1.89. The van der Waals surface area contributed by atoms with Gasteiger partial charge in [0.15, 0.2) is 0 Å². The Balaban J connectivity index is 2.38. The van der Waals surface area contributed by atoms with E-state index in [2.05, 4.69) is 12.2 Å². The molecule has 19 heavy (non-hydrogen) atoms. The van der Waals surface area contributed by atoms with Crippen molar-refractivity contribution in [1.29, 1.82) is 0 Å². The topological polar surface area (TPSA) is 89.3 Å². The maximum Gasteiger partial charge on any atom is 0.251 e. The summed E-state index contributed by atoms with van der Waals surface area (Å²) in [5, 5.41) is 8.01. The van der Waals surface area contributed by atoms with E-state index in [0.717, 1.165) is 17.5 Å². The van der Waals surface area contributed by atoms with Crippen LogP contribution in [0.15, 0.2) is 17.0 Å². The highest BCUT2D eigenvalue weighted by molar-refractivity contribution is 7.89. The Morgan fingerprint density at radius 2 is 1.95 bits per heavy atom. The number of amides is 1. The first kappa shape index (κ1) is 14.0. The molecule has 0 bridgehead atoms. The molecule has 6 heteroatoms. The van der Waals surface area contributed by atoms with Gasteiger partial charge in [-0.1, -0.05) is 6.92 Å². The summed E-state index contributed by atoms with van der Waals surface area (Å²) >= 11 is 0. The summed E-state index contributed by atoms with van der Waals surface area (Å²) in [5.74, 6) is 0.257. The van der Waals surface area contributed by atoms with Crippen molar-refractivity contribution in [3.63, 3.8) is 0 Å². The lowest BCUT2D eigenvalue weighted by Crippen LogP contribution is -2.28. The highest BCUT2D eigenvalue weighted by atomic mass is 32.2. The van der Waals surface area contributed by atoms with Gasteiger partial charge in [0.2, 0.25) is 10.0 Å². The van der Waals surface area contributed by atoms with Gasteiger partial charge in [-0.25, -0.2) is 13.6 Å². The molecule has 0 heterocycles. The van der Waals surface area contributed by atoms with E-state index in [1.165, 1.54) is 12.1 Å². The molecule has 1 aliphatic rings.